The molecule has 4 nitrogen and oxygen atoms in total. The van der Waals surface area contributed by atoms with Crippen molar-refractivity contribution in [3.05, 3.63) is 35.9 Å². The van der Waals surface area contributed by atoms with Crippen LogP contribution in [0.25, 0.3) is 0 Å². The third-order valence-electron chi connectivity index (χ3n) is 2.57. The number of rotatable bonds is 6. The number of nitrogens with one attached hydrogen (secondary N) is 1. The van der Waals surface area contributed by atoms with Gasteiger partial charge in [0.15, 0.2) is 0 Å². The van der Waals surface area contributed by atoms with Gasteiger partial charge in [0.1, 0.15) is 0 Å². The molecule has 1 aromatic carbocycles. The summed E-state index contributed by atoms with van der Waals surface area (Å²) in [4.78, 5) is 0. The molecule has 0 saturated carbocycles. The first-order valence-electron chi connectivity index (χ1n) is 5.69. The van der Waals surface area contributed by atoms with E-state index in [0.29, 0.717) is 6.54 Å². The summed E-state index contributed by atoms with van der Waals surface area (Å²) in [5.74, 6) is 0.0557. The molecule has 3 N–H and O–H groups in total. The lowest BCUT2D eigenvalue weighted by Gasteiger charge is -2.16. The minimum atomic E-state index is -3.27. The Morgan fingerprint density at radius 2 is 1.82 bits per heavy atom. The van der Waals surface area contributed by atoms with E-state index in [4.69, 9.17) is 5.73 Å². The zero-order valence-corrected chi connectivity index (χ0v) is 11.1. The first-order chi connectivity index (χ1) is 7.94. The molecule has 0 aliphatic carbocycles. The molecular weight excluding hydrogens is 236 g/mol. The summed E-state index contributed by atoms with van der Waals surface area (Å²) in [7, 11) is -3.27. The maximum absolute atomic E-state index is 11.8. The Bertz CT molecular complexity index is 431. The highest BCUT2D eigenvalue weighted by Crippen LogP contribution is 2.16. The topological polar surface area (TPSA) is 72.2 Å². The SMILES string of the molecule is CC(CN)NS(=O)(=O)CC(C)c1ccccc1. The fourth-order valence-electron chi connectivity index (χ4n) is 1.61. The first-order valence-corrected chi connectivity index (χ1v) is 7.35. The normalized spacial score (nSPS) is 15.5. The summed E-state index contributed by atoms with van der Waals surface area (Å²) in [6.45, 7) is 3.96. The van der Waals surface area contributed by atoms with E-state index in [2.05, 4.69) is 4.72 Å². The van der Waals surface area contributed by atoms with Crippen LogP contribution in [0.15, 0.2) is 30.3 Å². The van der Waals surface area contributed by atoms with Crippen molar-refractivity contribution in [2.75, 3.05) is 12.3 Å². The summed E-state index contributed by atoms with van der Waals surface area (Å²) in [6.07, 6.45) is 0. The molecule has 96 valence electrons. The van der Waals surface area contributed by atoms with Gasteiger partial charge in [-0.15, -0.1) is 0 Å². The van der Waals surface area contributed by atoms with Gasteiger partial charge in [0.05, 0.1) is 5.75 Å². The second kappa shape index (κ2) is 6.14. The van der Waals surface area contributed by atoms with Gasteiger partial charge >= 0.3 is 0 Å². The van der Waals surface area contributed by atoms with E-state index in [0.717, 1.165) is 5.56 Å². The molecule has 0 spiro atoms. The summed E-state index contributed by atoms with van der Waals surface area (Å²) < 4.78 is 26.2. The standard InChI is InChI=1S/C12H20N2O2S/c1-10(12-6-4-3-5-7-12)9-17(15,16)14-11(2)8-13/h3-7,10-11,14H,8-9,13H2,1-2H3. The summed E-state index contributed by atoms with van der Waals surface area (Å²) in [5.41, 5.74) is 6.42. The Morgan fingerprint density at radius 1 is 1.24 bits per heavy atom. The van der Waals surface area contributed by atoms with Crippen molar-refractivity contribution < 1.29 is 8.42 Å². The van der Waals surface area contributed by atoms with E-state index in [1.807, 2.05) is 37.3 Å². The van der Waals surface area contributed by atoms with Crippen LogP contribution in [0, 0.1) is 0 Å². The van der Waals surface area contributed by atoms with Crippen molar-refractivity contribution >= 4 is 10.0 Å². The second-order valence-corrected chi connectivity index (χ2v) is 6.15. The van der Waals surface area contributed by atoms with Crippen LogP contribution < -0.4 is 10.5 Å². The van der Waals surface area contributed by atoms with Crippen molar-refractivity contribution in [3.8, 4) is 0 Å². The molecule has 17 heavy (non-hydrogen) atoms. The predicted octanol–water partition coefficient (Wildman–Crippen LogP) is 1.06. The summed E-state index contributed by atoms with van der Waals surface area (Å²) in [6, 6.07) is 9.39. The van der Waals surface area contributed by atoms with Crippen LogP contribution in [0.1, 0.15) is 25.3 Å². The predicted molar refractivity (Wildman–Crippen MR) is 70.3 cm³/mol. The summed E-state index contributed by atoms with van der Waals surface area (Å²) >= 11 is 0. The van der Waals surface area contributed by atoms with Crippen LogP contribution in [0.4, 0.5) is 0 Å². The molecule has 0 heterocycles. The van der Waals surface area contributed by atoms with E-state index in [9.17, 15) is 8.42 Å². The maximum Gasteiger partial charge on any atom is 0.212 e. The Kier molecular flexibility index (Phi) is 5.11. The van der Waals surface area contributed by atoms with Crippen LogP contribution in [-0.2, 0) is 10.0 Å². The van der Waals surface area contributed by atoms with Gasteiger partial charge < -0.3 is 5.73 Å². The molecule has 0 amide bonds. The van der Waals surface area contributed by atoms with Gasteiger partial charge in [-0.2, -0.15) is 0 Å². The molecule has 0 fully saturated rings. The molecule has 0 bridgehead atoms. The van der Waals surface area contributed by atoms with Crippen molar-refractivity contribution in [3.63, 3.8) is 0 Å². The molecular formula is C12H20N2O2S. The third kappa shape index (κ3) is 4.85. The van der Waals surface area contributed by atoms with Gasteiger partial charge in [0.25, 0.3) is 0 Å². The summed E-state index contributed by atoms with van der Waals surface area (Å²) in [5, 5.41) is 0. The van der Waals surface area contributed by atoms with Gasteiger partial charge in [0.2, 0.25) is 10.0 Å². The minimum absolute atomic E-state index is 0.0290. The number of sulfonamides is 1. The molecule has 1 aromatic rings. The highest BCUT2D eigenvalue weighted by atomic mass is 32.2. The fraction of sp³-hybridized carbons (Fsp3) is 0.500. The Morgan fingerprint density at radius 3 is 2.35 bits per heavy atom. The van der Waals surface area contributed by atoms with Crippen LogP contribution >= 0.6 is 0 Å². The zero-order chi connectivity index (χ0) is 12.9. The van der Waals surface area contributed by atoms with Crippen molar-refractivity contribution in [1.82, 2.24) is 4.72 Å². The fourth-order valence-corrected chi connectivity index (χ4v) is 3.27. The highest BCUT2D eigenvalue weighted by molar-refractivity contribution is 7.89. The molecule has 0 aliphatic rings. The van der Waals surface area contributed by atoms with Gasteiger partial charge in [-0.3, -0.25) is 0 Å². The highest BCUT2D eigenvalue weighted by Gasteiger charge is 2.18. The van der Waals surface area contributed by atoms with Gasteiger partial charge in [-0.05, 0) is 18.4 Å². The molecule has 5 heteroatoms. The lowest BCUT2D eigenvalue weighted by Crippen LogP contribution is -2.39. The molecule has 0 aromatic heterocycles. The van der Waals surface area contributed by atoms with E-state index in [1.54, 1.807) is 6.92 Å². The van der Waals surface area contributed by atoms with E-state index >= 15 is 0 Å². The van der Waals surface area contributed by atoms with Crippen LogP contribution in [0.3, 0.4) is 0 Å². The number of hydrogen-bond acceptors (Lipinski definition) is 3. The van der Waals surface area contributed by atoms with Crippen LogP contribution in [0.2, 0.25) is 0 Å². The lowest BCUT2D eigenvalue weighted by molar-refractivity contribution is 0.557. The molecule has 0 saturated heterocycles. The Balaban J connectivity index is 2.65. The van der Waals surface area contributed by atoms with Crippen molar-refractivity contribution in [2.24, 2.45) is 5.73 Å². The molecule has 0 radical (unpaired) electrons. The van der Waals surface area contributed by atoms with E-state index in [1.165, 1.54) is 0 Å². The van der Waals surface area contributed by atoms with Crippen LogP contribution in [0.5, 0.6) is 0 Å². The maximum atomic E-state index is 11.8. The van der Waals surface area contributed by atoms with Gasteiger partial charge in [-0.1, -0.05) is 37.3 Å². The van der Waals surface area contributed by atoms with Crippen molar-refractivity contribution in [1.29, 1.82) is 0 Å². The average Bonchev–Trinajstić information content (AvgIpc) is 2.28. The van der Waals surface area contributed by atoms with E-state index in [-0.39, 0.29) is 17.7 Å². The van der Waals surface area contributed by atoms with E-state index < -0.39 is 10.0 Å². The van der Waals surface area contributed by atoms with Gasteiger partial charge in [0, 0.05) is 12.6 Å². The second-order valence-electron chi connectivity index (χ2n) is 4.35. The van der Waals surface area contributed by atoms with Crippen LogP contribution in [-0.4, -0.2) is 26.8 Å². The smallest absolute Gasteiger partial charge is 0.212 e. The number of hydrogen-bond donors (Lipinski definition) is 2. The Labute approximate surface area is 103 Å². The van der Waals surface area contributed by atoms with Gasteiger partial charge in [-0.25, -0.2) is 13.1 Å². The van der Waals surface area contributed by atoms with Crippen molar-refractivity contribution in [2.45, 2.75) is 25.8 Å². The quantitative estimate of drug-likeness (QED) is 0.799. The Hall–Kier alpha value is -0.910. The minimum Gasteiger partial charge on any atom is -0.329 e. The largest absolute Gasteiger partial charge is 0.329 e. The average molecular weight is 256 g/mol. The lowest BCUT2D eigenvalue weighted by atomic mass is 10.0. The molecule has 0 aliphatic heterocycles. The molecule has 2 unspecified atom stereocenters. The number of benzene rings is 1. The zero-order valence-electron chi connectivity index (χ0n) is 10.3. The molecule has 2 atom stereocenters. The number of nitrogens with two attached hydrogens (primary N) is 1. The monoisotopic (exact) mass is 256 g/mol. The molecule has 1 rings (SSSR count). The first kappa shape index (κ1) is 14.2. The third-order valence-corrected chi connectivity index (χ3v) is 4.27.